The second kappa shape index (κ2) is 6.95. The summed E-state index contributed by atoms with van der Waals surface area (Å²) < 4.78 is 1.65. The molecule has 1 N–H and O–H groups in total. The summed E-state index contributed by atoms with van der Waals surface area (Å²) >= 11 is 7.20. The summed E-state index contributed by atoms with van der Waals surface area (Å²) in [5.74, 6) is 1.72. The van der Waals surface area contributed by atoms with Gasteiger partial charge in [-0.05, 0) is 19.8 Å². The van der Waals surface area contributed by atoms with Crippen molar-refractivity contribution in [2.24, 2.45) is 0 Å². The van der Waals surface area contributed by atoms with Crippen molar-refractivity contribution in [3.63, 3.8) is 0 Å². The van der Waals surface area contributed by atoms with Crippen molar-refractivity contribution < 1.29 is 0 Å². The molecule has 0 unspecified atom stereocenters. The summed E-state index contributed by atoms with van der Waals surface area (Å²) in [5, 5.41) is 7.21. The minimum atomic E-state index is -0.124. The van der Waals surface area contributed by atoms with Gasteiger partial charge in [0.05, 0.1) is 0 Å². The fourth-order valence-electron chi connectivity index (χ4n) is 1.23. The Labute approximate surface area is 98.4 Å². The Bertz CT molecular complexity index is 336. The molecule has 6 heteroatoms. The smallest absolute Gasteiger partial charge is 0.270 e. The van der Waals surface area contributed by atoms with E-state index >= 15 is 0 Å². The Morgan fingerprint density at radius 2 is 2.27 bits per heavy atom. The van der Waals surface area contributed by atoms with Crippen LogP contribution in [-0.2, 0) is 6.54 Å². The van der Waals surface area contributed by atoms with Crippen LogP contribution in [0.1, 0.15) is 26.2 Å². The van der Waals surface area contributed by atoms with E-state index in [0.29, 0.717) is 6.54 Å². The number of alkyl halides is 1. The topological polar surface area (TPSA) is 50.7 Å². The van der Waals surface area contributed by atoms with Crippen LogP contribution in [0, 0.1) is 0 Å². The van der Waals surface area contributed by atoms with E-state index in [4.69, 9.17) is 11.6 Å². The maximum Gasteiger partial charge on any atom is 0.343 e. The lowest BCUT2D eigenvalue weighted by atomic mass is 10.3. The summed E-state index contributed by atoms with van der Waals surface area (Å²) in [6.45, 7) is 2.60. The van der Waals surface area contributed by atoms with Crippen LogP contribution >= 0.6 is 23.4 Å². The van der Waals surface area contributed by atoms with E-state index in [2.05, 4.69) is 10.2 Å². The van der Waals surface area contributed by atoms with E-state index in [-0.39, 0.29) is 5.69 Å². The van der Waals surface area contributed by atoms with E-state index in [1.165, 1.54) is 0 Å². The van der Waals surface area contributed by atoms with Crippen LogP contribution in [0.25, 0.3) is 0 Å². The van der Waals surface area contributed by atoms with Gasteiger partial charge in [0.1, 0.15) is 0 Å². The molecule has 15 heavy (non-hydrogen) atoms. The predicted molar refractivity (Wildman–Crippen MR) is 63.8 cm³/mol. The number of hydrogen-bond donors (Lipinski definition) is 1. The lowest BCUT2D eigenvalue weighted by Gasteiger charge is -2.01. The Hall–Kier alpha value is -0.420. The van der Waals surface area contributed by atoms with Gasteiger partial charge in [-0.15, -0.1) is 16.7 Å². The highest BCUT2D eigenvalue weighted by Gasteiger charge is 2.05. The molecule has 0 atom stereocenters. The number of nitrogens with one attached hydrogen (secondary N) is 1. The number of rotatable bonds is 7. The molecule has 0 aliphatic carbocycles. The standard InChI is InChI=1S/C9H16ClN3OS/c1-2-13-8(14)11-12-9(13)15-7-5-3-4-6-10/h2-7H2,1H3,(H,11,14). The highest BCUT2D eigenvalue weighted by molar-refractivity contribution is 7.99. The second-order valence-corrected chi connectivity index (χ2v) is 4.59. The van der Waals surface area contributed by atoms with Crippen molar-refractivity contribution in [1.82, 2.24) is 14.8 Å². The first-order valence-electron chi connectivity index (χ1n) is 5.13. The van der Waals surface area contributed by atoms with Gasteiger partial charge in [-0.1, -0.05) is 18.2 Å². The number of thioether (sulfide) groups is 1. The number of aromatic amines is 1. The fourth-order valence-corrected chi connectivity index (χ4v) is 2.43. The van der Waals surface area contributed by atoms with Crippen LogP contribution in [0.15, 0.2) is 9.95 Å². The molecule has 86 valence electrons. The third-order valence-electron chi connectivity index (χ3n) is 2.05. The van der Waals surface area contributed by atoms with Gasteiger partial charge >= 0.3 is 5.69 Å². The van der Waals surface area contributed by atoms with E-state index in [1.807, 2.05) is 6.92 Å². The second-order valence-electron chi connectivity index (χ2n) is 3.15. The molecule has 0 amide bonds. The molecule has 0 aliphatic heterocycles. The molecule has 1 aromatic rings. The van der Waals surface area contributed by atoms with E-state index in [9.17, 15) is 4.79 Å². The van der Waals surface area contributed by atoms with Crippen LogP contribution in [0.3, 0.4) is 0 Å². The van der Waals surface area contributed by atoms with Crippen LogP contribution in [0.2, 0.25) is 0 Å². The summed E-state index contributed by atoms with van der Waals surface area (Å²) in [7, 11) is 0. The van der Waals surface area contributed by atoms with E-state index in [1.54, 1.807) is 16.3 Å². The molecule has 0 aliphatic rings. The summed E-state index contributed by atoms with van der Waals surface area (Å²) in [6.07, 6.45) is 3.31. The van der Waals surface area contributed by atoms with Gasteiger partial charge in [0.15, 0.2) is 5.16 Å². The van der Waals surface area contributed by atoms with Gasteiger partial charge in [-0.25, -0.2) is 9.89 Å². The molecular weight excluding hydrogens is 234 g/mol. The van der Waals surface area contributed by atoms with Gasteiger partial charge in [0.2, 0.25) is 0 Å². The minimum absolute atomic E-state index is 0.124. The molecule has 0 fully saturated rings. The Morgan fingerprint density at radius 3 is 2.93 bits per heavy atom. The van der Waals surface area contributed by atoms with Crippen LogP contribution in [-0.4, -0.2) is 26.4 Å². The zero-order valence-electron chi connectivity index (χ0n) is 8.83. The van der Waals surface area contributed by atoms with Gasteiger partial charge in [-0.2, -0.15) is 0 Å². The number of aromatic nitrogens is 3. The van der Waals surface area contributed by atoms with Crippen LogP contribution in [0.5, 0.6) is 0 Å². The highest BCUT2D eigenvalue weighted by atomic mass is 35.5. The molecule has 0 saturated heterocycles. The zero-order valence-corrected chi connectivity index (χ0v) is 10.4. The first kappa shape index (κ1) is 12.6. The normalized spacial score (nSPS) is 10.8. The average Bonchev–Trinajstić information content (AvgIpc) is 2.59. The van der Waals surface area contributed by atoms with Crippen molar-refractivity contribution in [3.05, 3.63) is 10.5 Å². The molecular formula is C9H16ClN3OS. The quantitative estimate of drug-likeness (QED) is 0.457. The highest BCUT2D eigenvalue weighted by Crippen LogP contribution is 2.15. The Morgan fingerprint density at radius 1 is 1.47 bits per heavy atom. The van der Waals surface area contributed by atoms with Crippen molar-refractivity contribution in [2.75, 3.05) is 11.6 Å². The summed E-state index contributed by atoms with van der Waals surface area (Å²) in [6, 6.07) is 0. The third-order valence-corrected chi connectivity index (χ3v) is 3.38. The van der Waals surface area contributed by atoms with Crippen molar-refractivity contribution >= 4 is 23.4 Å². The maximum atomic E-state index is 11.2. The molecule has 0 bridgehead atoms. The maximum absolute atomic E-state index is 11.2. The molecule has 1 rings (SSSR count). The third kappa shape index (κ3) is 3.91. The lowest BCUT2D eigenvalue weighted by Crippen LogP contribution is -2.16. The SMILES string of the molecule is CCn1c(SCCCCCCl)n[nH]c1=O. The zero-order chi connectivity index (χ0) is 11.1. The molecule has 0 radical (unpaired) electrons. The lowest BCUT2D eigenvalue weighted by molar-refractivity contribution is 0.659. The van der Waals surface area contributed by atoms with Crippen LogP contribution < -0.4 is 5.69 Å². The van der Waals surface area contributed by atoms with Gasteiger partial charge in [-0.3, -0.25) is 4.57 Å². The number of H-pyrrole nitrogens is 1. The van der Waals surface area contributed by atoms with Gasteiger partial charge < -0.3 is 0 Å². The fraction of sp³-hybridized carbons (Fsp3) is 0.778. The molecule has 1 aromatic heterocycles. The van der Waals surface area contributed by atoms with Crippen molar-refractivity contribution in [1.29, 1.82) is 0 Å². The van der Waals surface area contributed by atoms with E-state index in [0.717, 1.165) is 36.1 Å². The molecule has 4 nitrogen and oxygen atoms in total. The van der Waals surface area contributed by atoms with Gasteiger partial charge in [0, 0.05) is 18.2 Å². The summed E-state index contributed by atoms with van der Waals surface area (Å²) in [5.41, 5.74) is -0.124. The minimum Gasteiger partial charge on any atom is -0.270 e. The molecule has 0 spiro atoms. The van der Waals surface area contributed by atoms with Crippen LogP contribution in [0.4, 0.5) is 0 Å². The summed E-state index contributed by atoms with van der Waals surface area (Å²) in [4.78, 5) is 11.2. The first-order chi connectivity index (χ1) is 7.29. The first-order valence-corrected chi connectivity index (χ1v) is 6.65. The van der Waals surface area contributed by atoms with E-state index < -0.39 is 0 Å². The van der Waals surface area contributed by atoms with Crippen molar-refractivity contribution in [2.45, 2.75) is 37.9 Å². The Kier molecular flexibility index (Phi) is 5.86. The number of halogens is 1. The number of hydrogen-bond acceptors (Lipinski definition) is 3. The number of nitrogens with zero attached hydrogens (tertiary/aromatic N) is 2. The molecule has 0 saturated carbocycles. The Balaban J connectivity index is 2.34. The average molecular weight is 250 g/mol. The molecule has 1 heterocycles. The van der Waals surface area contributed by atoms with Gasteiger partial charge in [0.25, 0.3) is 0 Å². The molecule has 0 aromatic carbocycles. The number of unbranched alkanes of at least 4 members (excludes halogenated alkanes) is 2. The van der Waals surface area contributed by atoms with Crippen molar-refractivity contribution in [3.8, 4) is 0 Å². The largest absolute Gasteiger partial charge is 0.343 e. The predicted octanol–water partition coefficient (Wildman–Crippen LogP) is 2.09. The monoisotopic (exact) mass is 249 g/mol.